The van der Waals surface area contributed by atoms with E-state index in [2.05, 4.69) is 40.6 Å². The second-order valence-electron chi connectivity index (χ2n) is 4.36. The van der Waals surface area contributed by atoms with E-state index < -0.39 is 0 Å². The van der Waals surface area contributed by atoms with Gasteiger partial charge in [0, 0.05) is 19.0 Å². The Morgan fingerprint density at radius 2 is 2.26 bits per heavy atom. The molecule has 0 unspecified atom stereocenters. The largest absolute Gasteiger partial charge is 0.367 e. The van der Waals surface area contributed by atoms with Crippen LogP contribution in [0.25, 0.3) is 0 Å². The maximum absolute atomic E-state index is 6.36. The second kappa shape index (κ2) is 6.89. The number of aromatic nitrogens is 1. The summed E-state index contributed by atoms with van der Waals surface area (Å²) >= 11 is 7.97. The normalized spacial score (nSPS) is 10.7. The molecule has 2 rings (SSSR count). The standard InChI is InChI=1S/C14H18ClN3S/c1-3-16-7-11-5-4-6-13(15)14(11)18(2)8-12-9-19-10-17-12/h4-6,9-10,16H,3,7-8H2,1-2H3. The fraction of sp³-hybridized carbons (Fsp3) is 0.357. The maximum atomic E-state index is 6.36. The predicted octanol–water partition coefficient (Wildman–Crippen LogP) is 3.54. The molecule has 102 valence electrons. The Bertz CT molecular complexity index is 513. The van der Waals surface area contributed by atoms with Gasteiger partial charge in [0.1, 0.15) is 0 Å². The van der Waals surface area contributed by atoms with Gasteiger partial charge >= 0.3 is 0 Å². The first-order valence-corrected chi connectivity index (χ1v) is 7.60. The minimum atomic E-state index is 0.770. The zero-order chi connectivity index (χ0) is 13.7. The van der Waals surface area contributed by atoms with Crippen molar-refractivity contribution in [3.05, 3.63) is 45.4 Å². The second-order valence-corrected chi connectivity index (χ2v) is 5.49. The van der Waals surface area contributed by atoms with Gasteiger partial charge < -0.3 is 10.2 Å². The van der Waals surface area contributed by atoms with E-state index in [1.54, 1.807) is 11.3 Å². The van der Waals surface area contributed by atoms with Crippen LogP contribution in [0.15, 0.2) is 29.1 Å². The molecule has 0 spiro atoms. The highest BCUT2D eigenvalue weighted by molar-refractivity contribution is 7.07. The number of anilines is 1. The topological polar surface area (TPSA) is 28.2 Å². The van der Waals surface area contributed by atoms with Crippen molar-refractivity contribution in [3.63, 3.8) is 0 Å². The average molecular weight is 296 g/mol. The Morgan fingerprint density at radius 3 is 2.95 bits per heavy atom. The molecule has 1 N–H and O–H groups in total. The lowest BCUT2D eigenvalue weighted by Gasteiger charge is -2.23. The number of rotatable bonds is 6. The molecule has 0 saturated heterocycles. The SMILES string of the molecule is CCNCc1cccc(Cl)c1N(C)Cc1cscn1. The molecule has 3 nitrogen and oxygen atoms in total. The number of benzene rings is 1. The zero-order valence-corrected chi connectivity index (χ0v) is 12.8. The number of hydrogen-bond donors (Lipinski definition) is 1. The van der Waals surface area contributed by atoms with Gasteiger partial charge in [-0.2, -0.15) is 0 Å². The van der Waals surface area contributed by atoms with Crippen LogP contribution in [-0.4, -0.2) is 18.6 Å². The van der Waals surface area contributed by atoms with E-state index in [9.17, 15) is 0 Å². The van der Waals surface area contributed by atoms with E-state index in [0.29, 0.717) is 0 Å². The molecule has 0 aliphatic heterocycles. The summed E-state index contributed by atoms with van der Waals surface area (Å²) in [5.41, 5.74) is 5.22. The molecule has 1 aromatic carbocycles. The molecule has 0 aliphatic carbocycles. The monoisotopic (exact) mass is 295 g/mol. The highest BCUT2D eigenvalue weighted by atomic mass is 35.5. The third-order valence-electron chi connectivity index (χ3n) is 2.90. The molecular weight excluding hydrogens is 278 g/mol. The zero-order valence-electron chi connectivity index (χ0n) is 11.2. The van der Waals surface area contributed by atoms with E-state index in [1.165, 1.54) is 5.56 Å². The Morgan fingerprint density at radius 1 is 1.42 bits per heavy atom. The Balaban J connectivity index is 2.21. The molecule has 0 bridgehead atoms. The number of thiazole rings is 1. The van der Waals surface area contributed by atoms with Gasteiger partial charge in [-0.05, 0) is 18.2 Å². The first kappa shape index (κ1) is 14.3. The minimum Gasteiger partial charge on any atom is -0.367 e. The number of nitrogens with zero attached hydrogens (tertiary/aromatic N) is 2. The van der Waals surface area contributed by atoms with Crippen LogP contribution < -0.4 is 10.2 Å². The molecule has 2 aromatic rings. The Labute approximate surface area is 123 Å². The van der Waals surface area contributed by atoms with Crippen LogP contribution in [0.3, 0.4) is 0 Å². The fourth-order valence-electron chi connectivity index (χ4n) is 2.03. The highest BCUT2D eigenvalue weighted by Crippen LogP contribution is 2.30. The number of nitrogens with one attached hydrogen (secondary N) is 1. The van der Waals surface area contributed by atoms with Crippen molar-refractivity contribution in [2.45, 2.75) is 20.0 Å². The number of para-hydroxylation sites is 1. The van der Waals surface area contributed by atoms with Crippen molar-refractivity contribution >= 4 is 28.6 Å². The van der Waals surface area contributed by atoms with Crippen molar-refractivity contribution < 1.29 is 0 Å². The fourth-order valence-corrected chi connectivity index (χ4v) is 2.92. The van der Waals surface area contributed by atoms with Crippen molar-refractivity contribution in [2.75, 3.05) is 18.5 Å². The van der Waals surface area contributed by atoms with E-state index in [0.717, 1.165) is 36.0 Å². The first-order valence-electron chi connectivity index (χ1n) is 6.28. The summed E-state index contributed by atoms with van der Waals surface area (Å²) in [6.45, 7) is 4.64. The molecule has 0 atom stereocenters. The van der Waals surface area contributed by atoms with Gasteiger partial charge in [0.15, 0.2) is 0 Å². The van der Waals surface area contributed by atoms with Crippen LogP contribution in [0.5, 0.6) is 0 Å². The lowest BCUT2D eigenvalue weighted by atomic mass is 10.1. The Kier molecular flexibility index (Phi) is 5.19. The van der Waals surface area contributed by atoms with Gasteiger partial charge in [0.05, 0.1) is 28.5 Å². The van der Waals surface area contributed by atoms with Crippen LogP contribution in [0.1, 0.15) is 18.2 Å². The molecular formula is C14H18ClN3S. The lowest BCUT2D eigenvalue weighted by Crippen LogP contribution is -2.21. The van der Waals surface area contributed by atoms with E-state index >= 15 is 0 Å². The molecule has 1 heterocycles. The molecule has 1 aromatic heterocycles. The van der Waals surface area contributed by atoms with Crippen molar-refractivity contribution in [2.24, 2.45) is 0 Å². The molecule has 0 aliphatic rings. The average Bonchev–Trinajstić information content (AvgIpc) is 2.89. The summed E-state index contributed by atoms with van der Waals surface area (Å²) in [6.07, 6.45) is 0. The van der Waals surface area contributed by atoms with Gasteiger partial charge in [-0.3, -0.25) is 0 Å². The number of hydrogen-bond acceptors (Lipinski definition) is 4. The van der Waals surface area contributed by atoms with Crippen molar-refractivity contribution in [3.8, 4) is 0 Å². The van der Waals surface area contributed by atoms with Gasteiger partial charge in [-0.1, -0.05) is 30.7 Å². The maximum Gasteiger partial charge on any atom is 0.0795 e. The molecule has 19 heavy (non-hydrogen) atoms. The minimum absolute atomic E-state index is 0.770. The number of halogens is 1. The van der Waals surface area contributed by atoms with Crippen LogP contribution in [-0.2, 0) is 13.1 Å². The van der Waals surface area contributed by atoms with Gasteiger partial charge in [-0.15, -0.1) is 11.3 Å². The predicted molar refractivity (Wildman–Crippen MR) is 83.1 cm³/mol. The molecule has 0 fully saturated rings. The Hall–Kier alpha value is -1.10. The first-order chi connectivity index (χ1) is 9.22. The molecule has 0 saturated carbocycles. The summed E-state index contributed by atoms with van der Waals surface area (Å²) < 4.78 is 0. The van der Waals surface area contributed by atoms with E-state index in [-0.39, 0.29) is 0 Å². The van der Waals surface area contributed by atoms with E-state index in [1.807, 2.05) is 17.6 Å². The smallest absolute Gasteiger partial charge is 0.0795 e. The van der Waals surface area contributed by atoms with Crippen LogP contribution in [0.2, 0.25) is 5.02 Å². The van der Waals surface area contributed by atoms with Crippen molar-refractivity contribution in [1.82, 2.24) is 10.3 Å². The molecule has 0 radical (unpaired) electrons. The van der Waals surface area contributed by atoms with Gasteiger partial charge in [0.2, 0.25) is 0 Å². The lowest BCUT2D eigenvalue weighted by molar-refractivity contribution is 0.722. The molecule has 0 amide bonds. The third kappa shape index (κ3) is 3.69. The summed E-state index contributed by atoms with van der Waals surface area (Å²) in [7, 11) is 2.05. The summed E-state index contributed by atoms with van der Waals surface area (Å²) in [6, 6.07) is 6.04. The quantitative estimate of drug-likeness (QED) is 0.883. The van der Waals surface area contributed by atoms with Crippen LogP contribution in [0, 0.1) is 0 Å². The highest BCUT2D eigenvalue weighted by Gasteiger charge is 2.12. The van der Waals surface area contributed by atoms with Crippen LogP contribution >= 0.6 is 22.9 Å². The molecule has 5 heteroatoms. The summed E-state index contributed by atoms with van der Waals surface area (Å²) in [4.78, 5) is 6.48. The van der Waals surface area contributed by atoms with Gasteiger partial charge in [0.25, 0.3) is 0 Å². The third-order valence-corrected chi connectivity index (χ3v) is 3.84. The van der Waals surface area contributed by atoms with Gasteiger partial charge in [-0.25, -0.2) is 4.98 Å². The summed E-state index contributed by atoms with van der Waals surface area (Å²) in [5.74, 6) is 0. The van der Waals surface area contributed by atoms with Crippen molar-refractivity contribution in [1.29, 1.82) is 0 Å². The summed E-state index contributed by atoms with van der Waals surface area (Å²) in [5, 5.41) is 6.20. The van der Waals surface area contributed by atoms with E-state index in [4.69, 9.17) is 11.6 Å². The van der Waals surface area contributed by atoms with Crippen LogP contribution in [0.4, 0.5) is 5.69 Å².